The van der Waals surface area contributed by atoms with Crippen molar-refractivity contribution in [1.29, 1.82) is 0 Å². The van der Waals surface area contributed by atoms with Crippen molar-refractivity contribution >= 4 is 11.9 Å². The average Bonchev–Trinajstić information content (AvgIpc) is 2.85. The molecule has 1 aromatic carbocycles. The molecule has 2 aliphatic rings. The van der Waals surface area contributed by atoms with Gasteiger partial charge in [0.15, 0.2) is 0 Å². The van der Waals surface area contributed by atoms with E-state index in [0.717, 1.165) is 37.7 Å². The summed E-state index contributed by atoms with van der Waals surface area (Å²) in [5, 5.41) is 10.5. The van der Waals surface area contributed by atoms with Crippen LogP contribution in [-0.4, -0.2) is 44.0 Å². The van der Waals surface area contributed by atoms with Gasteiger partial charge < -0.3 is 19.3 Å². The Bertz CT molecular complexity index is 647. The first-order chi connectivity index (χ1) is 15.0. The van der Waals surface area contributed by atoms with Crippen LogP contribution in [-0.2, 0) is 30.4 Å². The van der Waals surface area contributed by atoms with Gasteiger partial charge in [0.25, 0.3) is 0 Å². The van der Waals surface area contributed by atoms with Crippen molar-refractivity contribution in [3.63, 3.8) is 0 Å². The second-order valence-electron chi connectivity index (χ2n) is 8.58. The molecular formula is C25H38O6. The Morgan fingerprint density at radius 1 is 0.968 bits per heavy atom. The van der Waals surface area contributed by atoms with Crippen LogP contribution in [0.25, 0.3) is 0 Å². The quantitative estimate of drug-likeness (QED) is 0.640. The van der Waals surface area contributed by atoms with Gasteiger partial charge >= 0.3 is 11.9 Å². The molecular weight excluding hydrogens is 396 g/mol. The third-order valence-corrected chi connectivity index (χ3v) is 6.50. The van der Waals surface area contributed by atoms with E-state index in [1.54, 1.807) is 0 Å². The van der Waals surface area contributed by atoms with E-state index in [9.17, 15) is 14.7 Å². The minimum Gasteiger partial charge on any atom is -0.469 e. The van der Waals surface area contributed by atoms with Gasteiger partial charge in [0.05, 0.1) is 44.9 Å². The molecule has 0 amide bonds. The van der Waals surface area contributed by atoms with Crippen LogP contribution >= 0.6 is 0 Å². The van der Waals surface area contributed by atoms with Crippen LogP contribution in [0.2, 0.25) is 0 Å². The zero-order valence-electron chi connectivity index (χ0n) is 19.0. The first-order valence-corrected chi connectivity index (χ1v) is 11.5. The fraction of sp³-hybridized carbons (Fsp3) is 0.680. The SMILES string of the molecule is COC(=O)C1(C(O)COCc2ccccc2)CCCCC1.COC(=O)C1CCCCC1. The summed E-state index contributed by atoms with van der Waals surface area (Å²) in [4.78, 5) is 23.1. The average molecular weight is 435 g/mol. The Balaban J connectivity index is 0.000000285. The number of aliphatic hydroxyl groups is 1. The maximum atomic E-state index is 12.1. The predicted molar refractivity (Wildman–Crippen MR) is 118 cm³/mol. The molecule has 174 valence electrons. The molecule has 1 N–H and O–H groups in total. The lowest BCUT2D eigenvalue weighted by molar-refractivity contribution is -0.167. The Hall–Kier alpha value is -1.92. The fourth-order valence-corrected chi connectivity index (χ4v) is 4.59. The molecule has 1 unspecified atom stereocenters. The number of ether oxygens (including phenoxy) is 3. The molecule has 0 radical (unpaired) electrons. The van der Waals surface area contributed by atoms with E-state index in [0.29, 0.717) is 19.4 Å². The Morgan fingerprint density at radius 2 is 1.58 bits per heavy atom. The van der Waals surface area contributed by atoms with Crippen molar-refractivity contribution in [3.8, 4) is 0 Å². The molecule has 3 rings (SSSR count). The number of carbonyl (C=O) groups excluding carboxylic acids is 2. The monoisotopic (exact) mass is 434 g/mol. The van der Waals surface area contributed by atoms with Gasteiger partial charge in [-0.3, -0.25) is 9.59 Å². The van der Waals surface area contributed by atoms with Gasteiger partial charge in [0.2, 0.25) is 0 Å². The summed E-state index contributed by atoms with van der Waals surface area (Å²) in [7, 11) is 2.85. The van der Waals surface area contributed by atoms with E-state index < -0.39 is 11.5 Å². The van der Waals surface area contributed by atoms with Crippen LogP contribution < -0.4 is 0 Å². The largest absolute Gasteiger partial charge is 0.469 e. The van der Waals surface area contributed by atoms with Crippen molar-refractivity contribution in [3.05, 3.63) is 35.9 Å². The van der Waals surface area contributed by atoms with Crippen molar-refractivity contribution < 1.29 is 28.9 Å². The number of methoxy groups -OCH3 is 2. The van der Waals surface area contributed by atoms with Crippen molar-refractivity contribution in [2.75, 3.05) is 20.8 Å². The summed E-state index contributed by atoms with van der Waals surface area (Å²) in [5.74, 6) is -0.114. The van der Waals surface area contributed by atoms with E-state index in [2.05, 4.69) is 4.74 Å². The van der Waals surface area contributed by atoms with E-state index >= 15 is 0 Å². The van der Waals surface area contributed by atoms with Crippen molar-refractivity contribution in [2.45, 2.75) is 76.9 Å². The Morgan fingerprint density at radius 3 is 2.16 bits per heavy atom. The van der Waals surface area contributed by atoms with Crippen LogP contribution in [0.5, 0.6) is 0 Å². The van der Waals surface area contributed by atoms with Crippen LogP contribution in [0.15, 0.2) is 30.3 Å². The molecule has 1 aromatic rings. The number of carbonyl (C=O) groups is 2. The smallest absolute Gasteiger partial charge is 0.314 e. The molecule has 0 bridgehead atoms. The molecule has 6 heteroatoms. The molecule has 0 saturated heterocycles. The molecule has 0 spiro atoms. The third-order valence-electron chi connectivity index (χ3n) is 6.50. The summed E-state index contributed by atoms with van der Waals surface area (Å²) < 4.78 is 15.2. The predicted octanol–water partition coefficient (Wildman–Crippen LogP) is 4.43. The second-order valence-corrected chi connectivity index (χ2v) is 8.58. The number of aliphatic hydroxyl groups excluding tert-OH is 1. The molecule has 6 nitrogen and oxygen atoms in total. The van der Waals surface area contributed by atoms with Crippen molar-refractivity contribution in [2.24, 2.45) is 11.3 Å². The minimum absolute atomic E-state index is 0.0142. The molecule has 0 heterocycles. The Kier molecular flexibility index (Phi) is 11.0. The van der Waals surface area contributed by atoms with Gasteiger partial charge in [0.1, 0.15) is 0 Å². The molecule has 31 heavy (non-hydrogen) atoms. The van der Waals surface area contributed by atoms with Gasteiger partial charge in [-0.1, -0.05) is 68.9 Å². The lowest BCUT2D eigenvalue weighted by atomic mass is 9.70. The molecule has 0 aliphatic heterocycles. The number of hydrogen-bond acceptors (Lipinski definition) is 6. The summed E-state index contributed by atoms with van der Waals surface area (Å²) in [6.45, 7) is 0.596. The lowest BCUT2D eigenvalue weighted by Gasteiger charge is -2.38. The zero-order chi connectivity index (χ0) is 22.5. The summed E-state index contributed by atoms with van der Waals surface area (Å²) in [6, 6.07) is 9.80. The first-order valence-electron chi connectivity index (χ1n) is 11.5. The normalized spacial score (nSPS) is 19.5. The number of rotatable bonds is 7. The van der Waals surface area contributed by atoms with Crippen LogP contribution in [0, 0.1) is 11.3 Å². The number of esters is 2. The molecule has 2 aliphatic carbocycles. The standard InChI is InChI=1S/C17H24O4.C8H14O2/c1-20-16(19)17(10-6-3-7-11-17)15(18)13-21-12-14-8-4-2-5-9-14;1-10-8(9)7-5-3-2-4-6-7/h2,4-5,8-9,15,18H,3,6-7,10-13H2,1H3;7H,2-6H2,1H3. The van der Waals surface area contributed by atoms with Crippen LogP contribution in [0.3, 0.4) is 0 Å². The van der Waals surface area contributed by atoms with E-state index in [-0.39, 0.29) is 24.5 Å². The maximum absolute atomic E-state index is 12.1. The minimum atomic E-state index is -0.811. The third kappa shape index (κ3) is 7.62. The van der Waals surface area contributed by atoms with Gasteiger partial charge in [-0.15, -0.1) is 0 Å². The lowest BCUT2D eigenvalue weighted by Crippen LogP contribution is -2.47. The molecule has 2 saturated carbocycles. The fourth-order valence-electron chi connectivity index (χ4n) is 4.59. The highest BCUT2D eigenvalue weighted by atomic mass is 16.5. The van der Waals surface area contributed by atoms with E-state index in [1.807, 2.05) is 30.3 Å². The van der Waals surface area contributed by atoms with Crippen LogP contribution in [0.4, 0.5) is 0 Å². The summed E-state index contributed by atoms with van der Waals surface area (Å²) >= 11 is 0. The van der Waals surface area contributed by atoms with Gasteiger partial charge in [-0.2, -0.15) is 0 Å². The van der Waals surface area contributed by atoms with E-state index in [4.69, 9.17) is 9.47 Å². The van der Waals surface area contributed by atoms with Crippen LogP contribution in [0.1, 0.15) is 69.8 Å². The highest BCUT2D eigenvalue weighted by Crippen LogP contribution is 2.40. The molecule has 0 aromatic heterocycles. The number of hydrogen-bond donors (Lipinski definition) is 1. The number of benzene rings is 1. The molecule has 1 atom stereocenters. The first kappa shape index (κ1) is 25.3. The highest BCUT2D eigenvalue weighted by molar-refractivity contribution is 5.77. The zero-order valence-corrected chi connectivity index (χ0v) is 19.0. The van der Waals surface area contributed by atoms with Gasteiger partial charge in [-0.05, 0) is 31.2 Å². The van der Waals surface area contributed by atoms with Crippen molar-refractivity contribution in [1.82, 2.24) is 0 Å². The van der Waals surface area contributed by atoms with Gasteiger partial charge in [-0.25, -0.2) is 0 Å². The van der Waals surface area contributed by atoms with E-state index in [1.165, 1.54) is 33.5 Å². The van der Waals surface area contributed by atoms with Gasteiger partial charge in [0, 0.05) is 0 Å². The summed E-state index contributed by atoms with van der Waals surface area (Å²) in [6.07, 6.45) is 9.29. The topological polar surface area (TPSA) is 82.1 Å². The highest BCUT2D eigenvalue weighted by Gasteiger charge is 2.46. The Labute approximate surface area is 186 Å². The maximum Gasteiger partial charge on any atom is 0.314 e. The summed E-state index contributed by atoms with van der Waals surface area (Å²) in [5.41, 5.74) is 0.268. The molecule has 2 fully saturated rings. The second kappa shape index (κ2) is 13.5.